The molecule has 0 atom stereocenters. The molecule has 0 spiro atoms. The van der Waals surface area contributed by atoms with E-state index in [2.05, 4.69) is 4.98 Å². The van der Waals surface area contributed by atoms with Gasteiger partial charge in [0.1, 0.15) is 5.75 Å². The minimum atomic E-state index is -0.0783. The number of amides is 1. The quantitative estimate of drug-likeness (QED) is 0.878. The van der Waals surface area contributed by atoms with Gasteiger partial charge in [-0.2, -0.15) is 0 Å². The molecule has 0 saturated carbocycles. The molecule has 5 nitrogen and oxygen atoms in total. The molecule has 0 bridgehead atoms. The Bertz CT molecular complexity index is 625. The van der Waals surface area contributed by atoms with E-state index in [4.69, 9.17) is 10.5 Å². The van der Waals surface area contributed by atoms with Gasteiger partial charge in [0.25, 0.3) is 5.91 Å². The van der Waals surface area contributed by atoms with E-state index in [1.165, 1.54) is 0 Å². The van der Waals surface area contributed by atoms with Crippen LogP contribution >= 0.6 is 11.3 Å². The van der Waals surface area contributed by atoms with Crippen molar-refractivity contribution < 1.29 is 9.53 Å². The number of carbonyl (C=O) groups is 1. The SMILES string of the molecule is COc1ccc(C(=O)N(C)Cc2cnc(C)s2)cc1N. The van der Waals surface area contributed by atoms with Crippen molar-refractivity contribution in [1.82, 2.24) is 9.88 Å². The topological polar surface area (TPSA) is 68.5 Å². The lowest BCUT2D eigenvalue weighted by molar-refractivity contribution is 0.0786. The van der Waals surface area contributed by atoms with Crippen LogP contribution in [0.25, 0.3) is 0 Å². The Morgan fingerprint density at radius 1 is 1.50 bits per heavy atom. The third-order valence-electron chi connectivity index (χ3n) is 2.89. The maximum atomic E-state index is 12.3. The summed E-state index contributed by atoms with van der Waals surface area (Å²) in [6.45, 7) is 2.48. The fourth-order valence-corrected chi connectivity index (χ4v) is 2.72. The van der Waals surface area contributed by atoms with Crippen LogP contribution in [0.4, 0.5) is 5.69 Å². The highest BCUT2D eigenvalue weighted by Gasteiger charge is 2.14. The normalized spacial score (nSPS) is 10.3. The molecule has 0 aliphatic heterocycles. The molecule has 106 valence electrons. The zero-order chi connectivity index (χ0) is 14.7. The second-order valence-corrected chi connectivity index (χ2v) is 5.78. The summed E-state index contributed by atoms with van der Waals surface area (Å²) in [6.07, 6.45) is 1.80. The van der Waals surface area contributed by atoms with E-state index < -0.39 is 0 Å². The average molecular weight is 291 g/mol. The van der Waals surface area contributed by atoms with E-state index in [9.17, 15) is 4.79 Å². The van der Waals surface area contributed by atoms with E-state index in [0.717, 1.165) is 9.88 Å². The highest BCUT2D eigenvalue weighted by Crippen LogP contribution is 2.23. The molecule has 1 amide bonds. The number of hydrogen-bond donors (Lipinski definition) is 1. The second-order valence-electron chi connectivity index (χ2n) is 4.46. The number of ether oxygens (including phenoxy) is 1. The van der Waals surface area contributed by atoms with Gasteiger partial charge in [0, 0.05) is 23.7 Å². The number of rotatable bonds is 4. The smallest absolute Gasteiger partial charge is 0.254 e. The van der Waals surface area contributed by atoms with Crippen molar-refractivity contribution in [3.8, 4) is 5.75 Å². The molecule has 2 aromatic rings. The number of nitrogens with zero attached hydrogens (tertiary/aromatic N) is 2. The lowest BCUT2D eigenvalue weighted by Gasteiger charge is -2.16. The lowest BCUT2D eigenvalue weighted by atomic mass is 10.1. The predicted molar refractivity (Wildman–Crippen MR) is 80.1 cm³/mol. The molecular weight excluding hydrogens is 274 g/mol. The number of hydrogen-bond acceptors (Lipinski definition) is 5. The molecule has 0 saturated heterocycles. The summed E-state index contributed by atoms with van der Waals surface area (Å²) >= 11 is 1.59. The third-order valence-corrected chi connectivity index (χ3v) is 3.78. The van der Waals surface area contributed by atoms with E-state index in [0.29, 0.717) is 23.5 Å². The molecule has 20 heavy (non-hydrogen) atoms. The summed E-state index contributed by atoms with van der Waals surface area (Å²) < 4.78 is 5.08. The number of aromatic nitrogens is 1. The van der Waals surface area contributed by atoms with Crippen molar-refractivity contribution in [1.29, 1.82) is 0 Å². The van der Waals surface area contributed by atoms with Gasteiger partial charge in [-0.05, 0) is 25.1 Å². The minimum Gasteiger partial charge on any atom is -0.495 e. The number of carbonyl (C=O) groups excluding carboxylic acids is 1. The van der Waals surface area contributed by atoms with Gasteiger partial charge in [-0.1, -0.05) is 0 Å². The van der Waals surface area contributed by atoms with Crippen LogP contribution < -0.4 is 10.5 Å². The van der Waals surface area contributed by atoms with Crippen LogP contribution in [0, 0.1) is 6.92 Å². The summed E-state index contributed by atoms with van der Waals surface area (Å²) in [5, 5.41) is 0.995. The Morgan fingerprint density at radius 2 is 2.25 bits per heavy atom. The predicted octanol–water partition coefficient (Wildman–Crippen LogP) is 2.31. The van der Waals surface area contributed by atoms with Gasteiger partial charge in [-0.25, -0.2) is 4.98 Å². The van der Waals surface area contributed by atoms with E-state index >= 15 is 0 Å². The summed E-state index contributed by atoms with van der Waals surface area (Å²) in [6, 6.07) is 5.05. The first-order chi connectivity index (χ1) is 9.51. The molecule has 0 aliphatic carbocycles. The van der Waals surface area contributed by atoms with Crippen molar-refractivity contribution in [2.45, 2.75) is 13.5 Å². The first-order valence-electron chi connectivity index (χ1n) is 6.11. The number of thiazole rings is 1. The first kappa shape index (κ1) is 14.3. The molecular formula is C14H17N3O2S. The van der Waals surface area contributed by atoms with Crippen LogP contribution in [0.15, 0.2) is 24.4 Å². The number of nitrogens with two attached hydrogens (primary N) is 1. The fraction of sp³-hybridized carbons (Fsp3) is 0.286. The maximum absolute atomic E-state index is 12.3. The largest absolute Gasteiger partial charge is 0.495 e. The van der Waals surface area contributed by atoms with Crippen LogP contribution in [0.3, 0.4) is 0 Å². The minimum absolute atomic E-state index is 0.0783. The highest BCUT2D eigenvalue weighted by atomic mass is 32.1. The van der Waals surface area contributed by atoms with Gasteiger partial charge in [-0.3, -0.25) is 4.79 Å². The molecule has 0 unspecified atom stereocenters. The monoisotopic (exact) mass is 291 g/mol. The molecule has 0 radical (unpaired) electrons. The molecule has 1 aromatic carbocycles. The summed E-state index contributed by atoms with van der Waals surface area (Å²) in [7, 11) is 3.31. The maximum Gasteiger partial charge on any atom is 0.254 e. The molecule has 1 heterocycles. The van der Waals surface area contributed by atoms with Crippen LogP contribution in [0.2, 0.25) is 0 Å². The van der Waals surface area contributed by atoms with Crippen molar-refractivity contribution >= 4 is 22.9 Å². The molecule has 0 fully saturated rings. The van der Waals surface area contributed by atoms with Crippen LogP contribution in [0.5, 0.6) is 5.75 Å². The highest BCUT2D eigenvalue weighted by molar-refractivity contribution is 7.11. The average Bonchev–Trinajstić information content (AvgIpc) is 2.83. The van der Waals surface area contributed by atoms with Gasteiger partial charge in [0.05, 0.1) is 24.3 Å². The lowest BCUT2D eigenvalue weighted by Crippen LogP contribution is -2.25. The molecule has 6 heteroatoms. The van der Waals surface area contributed by atoms with Crippen molar-refractivity contribution in [2.24, 2.45) is 0 Å². The Hall–Kier alpha value is -2.08. The van der Waals surface area contributed by atoms with Gasteiger partial charge >= 0.3 is 0 Å². The zero-order valence-electron chi connectivity index (χ0n) is 11.7. The van der Waals surface area contributed by atoms with Crippen LogP contribution in [0.1, 0.15) is 20.2 Å². The molecule has 2 rings (SSSR count). The number of benzene rings is 1. The molecule has 0 aliphatic rings. The van der Waals surface area contributed by atoms with Crippen molar-refractivity contribution in [2.75, 3.05) is 19.9 Å². The van der Waals surface area contributed by atoms with Gasteiger partial charge in [-0.15, -0.1) is 11.3 Å². The summed E-state index contributed by atoms with van der Waals surface area (Å²) in [4.78, 5) is 19.2. The van der Waals surface area contributed by atoms with Crippen molar-refractivity contribution in [3.05, 3.63) is 39.8 Å². The van der Waals surface area contributed by atoms with Gasteiger partial charge in [0.15, 0.2) is 0 Å². The zero-order valence-corrected chi connectivity index (χ0v) is 12.5. The molecule has 2 N–H and O–H groups in total. The molecule has 1 aromatic heterocycles. The first-order valence-corrected chi connectivity index (χ1v) is 6.93. The number of nitrogen functional groups attached to an aromatic ring is 1. The number of anilines is 1. The summed E-state index contributed by atoms with van der Waals surface area (Å²) in [5.41, 5.74) is 6.83. The van der Waals surface area contributed by atoms with E-state index in [1.54, 1.807) is 54.8 Å². The Labute approximate surface area is 122 Å². The Balaban J connectivity index is 2.12. The fourth-order valence-electron chi connectivity index (χ4n) is 1.87. The van der Waals surface area contributed by atoms with Crippen molar-refractivity contribution in [3.63, 3.8) is 0 Å². The van der Waals surface area contributed by atoms with E-state index in [1.807, 2.05) is 6.92 Å². The third kappa shape index (κ3) is 3.08. The number of methoxy groups -OCH3 is 1. The van der Waals surface area contributed by atoms with E-state index in [-0.39, 0.29) is 5.91 Å². The Morgan fingerprint density at radius 3 is 2.80 bits per heavy atom. The summed E-state index contributed by atoms with van der Waals surface area (Å²) in [5.74, 6) is 0.493. The van der Waals surface area contributed by atoms with Gasteiger partial charge < -0.3 is 15.4 Å². The second kappa shape index (κ2) is 5.92. The van der Waals surface area contributed by atoms with Crippen LogP contribution in [-0.4, -0.2) is 29.9 Å². The van der Waals surface area contributed by atoms with Crippen LogP contribution in [-0.2, 0) is 6.54 Å². The Kier molecular flexibility index (Phi) is 4.24. The number of aryl methyl sites for hydroxylation is 1. The van der Waals surface area contributed by atoms with Gasteiger partial charge in [0.2, 0.25) is 0 Å². The standard InChI is InChI=1S/C14H17N3O2S/c1-9-16-7-11(20-9)8-17(2)14(18)10-4-5-13(19-3)12(15)6-10/h4-7H,8,15H2,1-3H3.